The molecule has 20 heavy (non-hydrogen) atoms. The third-order valence-corrected chi connectivity index (χ3v) is 5.94. The summed E-state index contributed by atoms with van der Waals surface area (Å²) in [6.45, 7) is 12.8. The van der Waals surface area contributed by atoms with Crippen LogP contribution in [0.3, 0.4) is 0 Å². The van der Waals surface area contributed by atoms with Gasteiger partial charge in [-0.25, -0.2) is 0 Å². The Hall–Kier alpha value is -0.0800. The van der Waals surface area contributed by atoms with Crippen molar-refractivity contribution < 1.29 is 4.74 Å². The molecule has 1 N–H and O–H groups in total. The fourth-order valence-electron chi connectivity index (χ4n) is 4.46. The Morgan fingerprint density at radius 3 is 2.65 bits per heavy atom. The topological polar surface area (TPSA) is 21.3 Å². The van der Waals surface area contributed by atoms with Crippen LogP contribution >= 0.6 is 0 Å². The van der Waals surface area contributed by atoms with Gasteiger partial charge in [-0.05, 0) is 61.8 Å². The zero-order valence-electron chi connectivity index (χ0n) is 14.1. The predicted octanol–water partition coefficient (Wildman–Crippen LogP) is 4.24. The molecule has 1 heterocycles. The zero-order chi connectivity index (χ0) is 14.6. The van der Waals surface area contributed by atoms with E-state index in [-0.39, 0.29) is 0 Å². The first-order valence-electron chi connectivity index (χ1n) is 8.86. The van der Waals surface area contributed by atoms with Crippen LogP contribution in [0.4, 0.5) is 0 Å². The van der Waals surface area contributed by atoms with Crippen LogP contribution in [0, 0.1) is 23.2 Å². The Morgan fingerprint density at radius 2 is 2.00 bits per heavy atom. The minimum Gasteiger partial charge on any atom is -0.381 e. The summed E-state index contributed by atoms with van der Waals surface area (Å²) in [5.74, 6) is 2.46. The van der Waals surface area contributed by atoms with Gasteiger partial charge in [0, 0.05) is 19.3 Å². The fraction of sp³-hybridized carbons (Fsp3) is 1.00. The first kappa shape index (κ1) is 16.3. The van der Waals surface area contributed by atoms with E-state index in [1.54, 1.807) is 0 Å². The maximum absolute atomic E-state index is 5.78. The lowest BCUT2D eigenvalue weighted by Gasteiger charge is -2.49. The summed E-state index contributed by atoms with van der Waals surface area (Å²) in [7, 11) is 0. The van der Waals surface area contributed by atoms with Crippen molar-refractivity contribution in [2.24, 2.45) is 23.2 Å². The lowest BCUT2D eigenvalue weighted by atomic mass is 9.60. The Bertz CT molecular complexity index is 283. The van der Waals surface area contributed by atoms with Crippen LogP contribution in [0.15, 0.2) is 0 Å². The van der Waals surface area contributed by atoms with Gasteiger partial charge in [0.05, 0.1) is 0 Å². The standard InChI is InChI=1S/C18H35NO/c1-5-10-19-17-12-14(2)8-9-16(17)18(3,4)15-7-6-11-20-13-15/h14-17,19H,5-13H2,1-4H3. The molecular weight excluding hydrogens is 246 g/mol. The maximum atomic E-state index is 5.78. The highest BCUT2D eigenvalue weighted by Crippen LogP contribution is 2.47. The highest BCUT2D eigenvalue weighted by Gasteiger charge is 2.43. The minimum atomic E-state index is 0.409. The third-order valence-electron chi connectivity index (χ3n) is 5.94. The largest absolute Gasteiger partial charge is 0.381 e. The van der Waals surface area contributed by atoms with E-state index in [1.165, 1.54) is 45.1 Å². The number of nitrogens with one attached hydrogen (secondary N) is 1. The van der Waals surface area contributed by atoms with Crippen molar-refractivity contribution in [1.82, 2.24) is 5.32 Å². The molecule has 4 unspecified atom stereocenters. The van der Waals surface area contributed by atoms with E-state index >= 15 is 0 Å². The molecule has 0 aromatic heterocycles. The van der Waals surface area contributed by atoms with E-state index < -0.39 is 0 Å². The van der Waals surface area contributed by atoms with E-state index in [1.807, 2.05) is 0 Å². The van der Waals surface area contributed by atoms with Crippen LogP contribution in [-0.4, -0.2) is 25.8 Å². The average molecular weight is 281 g/mol. The van der Waals surface area contributed by atoms with Crippen molar-refractivity contribution in [1.29, 1.82) is 0 Å². The van der Waals surface area contributed by atoms with Crippen molar-refractivity contribution in [3.63, 3.8) is 0 Å². The first-order chi connectivity index (χ1) is 9.55. The van der Waals surface area contributed by atoms with E-state index in [2.05, 4.69) is 33.0 Å². The molecule has 2 heteroatoms. The van der Waals surface area contributed by atoms with Gasteiger partial charge in [0.15, 0.2) is 0 Å². The van der Waals surface area contributed by atoms with Crippen LogP contribution in [-0.2, 0) is 4.74 Å². The molecular formula is C18H35NO. The normalized spacial score (nSPS) is 36.0. The summed E-state index contributed by atoms with van der Waals surface area (Å²) in [4.78, 5) is 0. The number of hydrogen-bond acceptors (Lipinski definition) is 2. The Labute approximate surface area is 126 Å². The molecule has 1 aliphatic carbocycles. The molecule has 0 amide bonds. The Balaban J connectivity index is 2.04. The number of rotatable bonds is 5. The summed E-state index contributed by atoms with van der Waals surface area (Å²) >= 11 is 0. The van der Waals surface area contributed by atoms with Gasteiger partial charge in [0.1, 0.15) is 0 Å². The number of hydrogen-bond donors (Lipinski definition) is 1. The monoisotopic (exact) mass is 281 g/mol. The summed E-state index contributed by atoms with van der Waals surface area (Å²) in [6, 6.07) is 0.718. The molecule has 2 fully saturated rings. The zero-order valence-corrected chi connectivity index (χ0v) is 14.1. The van der Waals surface area contributed by atoms with Gasteiger partial charge >= 0.3 is 0 Å². The van der Waals surface area contributed by atoms with E-state index in [4.69, 9.17) is 4.74 Å². The van der Waals surface area contributed by atoms with Gasteiger partial charge in [0.2, 0.25) is 0 Å². The molecule has 2 nitrogen and oxygen atoms in total. The van der Waals surface area contributed by atoms with Gasteiger partial charge < -0.3 is 10.1 Å². The van der Waals surface area contributed by atoms with Gasteiger partial charge in [-0.1, -0.05) is 34.1 Å². The van der Waals surface area contributed by atoms with Crippen molar-refractivity contribution in [3.05, 3.63) is 0 Å². The lowest BCUT2D eigenvalue weighted by molar-refractivity contribution is -0.0397. The Kier molecular flexibility index (Phi) is 5.92. The van der Waals surface area contributed by atoms with E-state index in [0.29, 0.717) is 5.41 Å². The van der Waals surface area contributed by atoms with Crippen LogP contribution in [0.1, 0.15) is 66.2 Å². The molecule has 0 aromatic carbocycles. The smallest absolute Gasteiger partial charge is 0.0499 e. The van der Waals surface area contributed by atoms with E-state index in [0.717, 1.165) is 37.0 Å². The van der Waals surface area contributed by atoms with Crippen LogP contribution in [0.25, 0.3) is 0 Å². The van der Waals surface area contributed by atoms with Crippen molar-refractivity contribution in [3.8, 4) is 0 Å². The minimum absolute atomic E-state index is 0.409. The van der Waals surface area contributed by atoms with Crippen LogP contribution in [0.5, 0.6) is 0 Å². The van der Waals surface area contributed by atoms with Gasteiger partial charge in [-0.3, -0.25) is 0 Å². The van der Waals surface area contributed by atoms with Crippen molar-refractivity contribution in [2.75, 3.05) is 19.8 Å². The number of ether oxygens (including phenoxy) is 1. The molecule has 0 bridgehead atoms. The molecule has 1 saturated carbocycles. The van der Waals surface area contributed by atoms with Gasteiger partial charge in [0.25, 0.3) is 0 Å². The summed E-state index contributed by atoms with van der Waals surface area (Å²) in [6.07, 6.45) is 8.02. The second kappa shape index (κ2) is 7.26. The van der Waals surface area contributed by atoms with Gasteiger partial charge in [-0.2, -0.15) is 0 Å². The van der Waals surface area contributed by atoms with Crippen LogP contribution < -0.4 is 5.32 Å². The average Bonchev–Trinajstić information content (AvgIpc) is 2.46. The molecule has 118 valence electrons. The highest BCUT2D eigenvalue weighted by molar-refractivity contribution is 4.95. The quantitative estimate of drug-likeness (QED) is 0.813. The molecule has 4 atom stereocenters. The van der Waals surface area contributed by atoms with Crippen molar-refractivity contribution in [2.45, 2.75) is 72.3 Å². The molecule has 0 spiro atoms. The lowest BCUT2D eigenvalue weighted by Crippen LogP contribution is -2.50. The van der Waals surface area contributed by atoms with Gasteiger partial charge in [-0.15, -0.1) is 0 Å². The predicted molar refractivity (Wildman–Crippen MR) is 85.9 cm³/mol. The maximum Gasteiger partial charge on any atom is 0.0499 e. The molecule has 0 radical (unpaired) electrons. The summed E-state index contributed by atoms with van der Waals surface area (Å²) < 4.78 is 5.78. The van der Waals surface area contributed by atoms with Crippen LogP contribution in [0.2, 0.25) is 0 Å². The molecule has 0 aromatic rings. The first-order valence-corrected chi connectivity index (χ1v) is 8.86. The SMILES string of the molecule is CCCNC1CC(C)CCC1C(C)(C)C1CCCOC1. The second-order valence-electron chi connectivity index (χ2n) is 7.82. The van der Waals surface area contributed by atoms with Crippen molar-refractivity contribution >= 4 is 0 Å². The van der Waals surface area contributed by atoms with E-state index in [9.17, 15) is 0 Å². The molecule has 2 aliphatic rings. The Morgan fingerprint density at radius 1 is 1.20 bits per heavy atom. The third kappa shape index (κ3) is 3.76. The summed E-state index contributed by atoms with van der Waals surface area (Å²) in [5, 5.41) is 3.86. The fourth-order valence-corrected chi connectivity index (χ4v) is 4.46. The molecule has 1 aliphatic heterocycles. The summed E-state index contributed by atoms with van der Waals surface area (Å²) in [5.41, 5.74) is 0.409. The molecule has 2 rings (SSSR count). The highest BCUT2D eigenvalue weighted by atomic mass is 16.5. The molecule has 1 saturated heterocycles. The second-order valence-corrected chi connectivity index (χ2v) is 7.82.